The van der Waals surface area contributed by atoms with Crippen LogP contribution in [0.1, 0.15) is 70.8 Å². The van der Waals surface area contributed by atoms with Gasteiger partial charge in [-0.2, -0.15) is 0 Å². The number of carbonyl (C=O) groups is 1. The average Bonchev–Trinajstić information content (AvgIpc) is 3.77. The number of carbonyl (C=O) groups excluding carboxylic acids is 1. The molecule has 6 nitrogen and oxygen atoms in total. The Morgan fingerprint density at radius 2 is 1.67 bits per heavy atom. The number of nitrogens with zero attached hydrogens (tertiary/aromatic N) is 4. The van der Waals surface area contributed by atoms with Crippen molar-refractivity contribution in [2.24, 2.45) is 5.41 Å². The number of aromatic nitrogens is 1. The Hall–Kier alpha value is -3.59. The van der Waals surface area contributed by atoms with Gasteiger partial charge in [-0.05, 0) is 81.8 Å². The lowest BCUT2D eigenvalue weighted by atomic mass is 9.71. The molecule has 2 aliphatic heterocycles. The predicted octanol–water partition coefficient (Wildman–Crippen LogP) is 7.95. The lowest BCUT2D eigenvalue weighted by Gasteiger charge is -2.47. The van der Waals surface area contributed by atoms with Crippen LogP contribution in [-0.4, -0.2) is 47.8 Å². The molecule has 1 aliphatic carbocycles. The maximum atomic E-state index is 12.6. The topological polar surface area (TPSA) is 50.0 Å². The molecule has 6 rings (SSSR count). The van der Waals surface area contributed by atoms with Crippen LogP contribution in [0.2, 0.25) is 0 Å². The van der Waals surface area contributed by atoms with Crippen molar-refractivity contribution in [2.75, 3.05) is 31.1 Å². The summed E-state index contributed by atoms with van der Waals surface area (Å²) in [6.07, 6.45) is 8.86. The van der Waals surface area contributed by atoms with Crippen LogP contribution in [0.15, 0.2) is 48.7 Å². The second-order valence-electron chi connectivity index (χ2n) is 12.6. The summed E-state index contributed by atoms with van der Waals surface area (Å²) < 4.78 is 5.61. The average molecular weight is 523 g/mol. The molecule has 2 saturated heterocycles. The SMILES string of the molecule is [C-]#[N+]c1ccc(-c2cccc3c(C4CC4)c(N4CCC5(CCN(C(=O)OC(C)(C)C)CC5)CC4)cnc23)cc1. The first kappa shape index (κ1) is 25.7. The van der Waals surface area contributed by atoms with Gasteiger partial charge in [0.05, 0.1) is 24.0 Å². The van der Waals surface area contributed by atoms with Crippen molar-refractivity contribution < 1.29 is 9.53 Å². The van der Waals surface area contributed by atoms with Crippen LogP contribution in [0.5, 0.6) is 0 Å². The summed E-state index contributed by atoms with van der Waals surface area (Å²) in [5.41, 5.74) is 6.60. The third-order valence-electron chi connectivity index (χ3n) is 8.85. The molecule has 0 N–H and O–H groups in total. The van der Waals surface area contributed by atoms with E-state index in [-0.39, 0.29) is 6.09 Å². The number of benzene rings is 2. The molecule has 3 aliphatic rings. The van der Waals surface area contributed by atoms with Crippen molar-refractivity contribution in [3.8, 4) is 11.1 Å². The van der Waals surface area contributed by atoms with E-state index in [1.165, 1.54) is 29.5 Å². The third kappa shape index (κ3) is 5.20. The Kier molecular flexibility index (Phi) is 6.49. The summed E-state index contributed by atoms with van der Waals surface area (Å²) in [5, 5.41) is 1.27. The number of piperidine rings is 2. The maximum Gasteiger partial charge on any atom is 0.410 e. The highest BCUT2D eigenvalue weighted by molar-refractivity contribution is 5.98. The molecule has 6 heteroatoms. The monoisotopic (exact) mass is 522 g/mol. The number of para-hydroxylation sites is 1. The molecule has 0 atom stereocenters. The number of fused-ring (bicyclic) bond motifs is 1. The number of amides is 1. The predicted molar refractivity (Wildman–Crippen MR) is 156 cm³/mol. The third-order valence-corrected chi connectivity index (χ3v) is 8.85. The molecule has 0 bridgehead atoms. The van der Waals surface area contributed by atoms with Gasteiger partial charge >= 0.3 is 6.09 Å². The minimum Gasteiger partial charge on any atom is -0.444 e. The van der Waals surface area contributed by atoms with Crippen LogP contribution < -0.4 is 4.90 Å². The molecule has 0 radical (unpaired) electrons. The Bertz CT molecular complexity index is 1410. The van der Waals surface area contributed by atoms with E-state index >= 15 is 0 Å². The second-order valence-corrected chi connectivity index (χ2v) is 12.6. The molecular formula is C33H38N4O2. The molecule has 3 aromatic rings. The van der Waals surface area contributed by atoms with Gasteiger partial charge in [0.2, 0.25) is 0 Å². The quantitative estimate of drug-likeness (QED) is 0.328. The summed E-state index contributed by atoms with van der Waals surface area (Å²) in [6.45, 7) is 16.7. The van der Waals surface area contributed by atoms with E-state index in [0.29, 0.717) is 17.0 Å². The first-order chi connectivity index (χ1) is 18.8. The van der Waals surface area contributed by atoms with Crippen molar-refractivity contribution in [3.05, 3.63) is 65.6 Å². The van der Waals surface area contributed by atoms with Crippen molar-refractivity contribution in [2.45, 2.75) is 70.8 Å². The Balaban J connectivity index is 1.20. The number of anilines is 1. The van der Waals surface area contributed by atoms with E-state index in [2.05, 4.69) is 34.1 Å². The van der Waals surface area contributed by atoms with Gasteiger partial charge < -0.3 is 14.5 Å². The van der Waals surface area contributed by atoms with Crippen LogP contribution in [0, 0.1) is 12.0 Å². The van der Waals surface area contributed by atoms with Gasteiger partial charge in [0.15, 0.2) is 5.69 Å². The molecule has 1 aromatic heterocycles. The first-order valence-corrected chi connectivity index (χ1v) is 14.4. The van der Waals surface area contributed by atoms with Crippen LogP contribution in [0.4, 0.5) is 16.2 Å². The summed E-state index contributed by atoms with van der Waals surface area (Å²) >= 11 is 0. The van der Waals surface area contributed by atoms with E-state index < -0.39 is 5.60 Å². The van der Waals surface area contributed by atoms with E-state index in [1.807, 2.05) is 49.9 Å². The van der Waals surface area contributed by atoms with Gasteiger partial charge in [-0.25, -0.2) is 9.64 Å². The maximum absolute atomic E-state index is 12.6. The normalized spacial score (nSPS) is 19.2. The van der Waals surface area contributed by atoms with E-state index in [4.69, 9.17) is 16.3 Å². The van der Waals surface area contributed by atoms with Gasteiger partial charge in [-0.1, -0.05) is 42.5 Å². The molecular weight excluding hydrogens is 484 g/mol. The number of pyridine rings is 1. The van der Waals surface area contributed by atoms with Crippen LogP contribution >= 0.6 is 0 Å². The highest BCUT2D eigenvalue weighted by Crippen LogP contribution is 2.50. The fourth-order valence-electron chi connectivity index (χ4n) is 6.45. The summed E-state index contributed by atoms with van der Waals surface area (Å²) in [4.78, 5) is 25.6. The number of ether oxygens (including phenoxy) is 1. The Morgan fingerprint density at radius 1 is 1.00 bits per heavy atom. The number of hydrogen-bond acceptors (Lipinski definition) is 4. The Labute approximate surface area is 231 Å². The lowest BCUT2D eigenvalue weighted by Crippen LogP contribution is -2.49. The van der Waals surface area contributed by atoms with Crippen LogP contribution in [-0.2, 0) is 4.74 Å². The van der Waals surface area contributed by atoms with Gasteiger partial charge in [-0.15, -0.1) is 0 Å². The fraction of sp³-hybridized carbons (Fsp3) is 0.485. The van der Waals surface area contributed by atoms with Crippen molar-refractivity contribution in [1.29, 1.82) is 0 Å². The summed E-state index contributed by atoms with van der Waals surface area (Å²) in [7, 11) is 0. The first-order valence-electron chi connectivity index (χ1n) is 14.4. The minimum atomic E-state index is -0.450. The molecule has 3 fully saturated rings. The highest BCUT2D eigenvalue weighted by atomic mass is 16.6. The van der Waals surface area contributed by atoms with E-state index in [9.17, 15) is 4.79 Å². The zero-order valence-corrected chi connectivity index (χ0v) is 23.4. The molecule has 202 valence electrons. The van der Waals surface area contributed by atoms with Crippen molar-refractivity contribution in [3.63, 3.8) is 0 Å². The highest BCUT2D eigenvalue weighted by Gasteiger charge is 2.40. The van der Waals surface area contributed by atoms with Crippen molar-refractivity contribution in [1.82, 2.24) is 9.88 Å². The minimum absolute atomic E-state index is 0.173. The largest absolute Gasteiger partial charge is 0.444 e. The van der Waals surface area contributed by atoms with Crippen molar-refractivity contribution >= 4 is 28.4 Å². The number of likely N-dealkylation sites (tertiary alicyclic amines) is 1. The Morgan fingerprint density at radius 3 is 2.28 bits per heavy atom. The molecule has 1 spiro atoms. The number of hydrogen-bond donors (Lipinski definition) is 0. The molecule has 0 unspecified atom stereocenters. The van der Waals surface area contributed by atoms with E-state index in [1.54, 1.807) is 0 Å². The molecule has 3 heterocycles. The van der Waals surface area contributed by atoms with Gasteiger partial charge in [0.1, 0.15) is 5.60 Å². The molecule has 1 saturated carbocycles. The zero-order valence-electron chi connectivity index (χ0n) is 23.4. The molecule has 39 heavy (non-hydrogen) atoms. The molecule has 2 aromatic carbocycles. The van der Waals surface area contributed by atoms with Gasteiger partial charge in [-0.3, -0.25) is 4.98 Å². The smallest absolute Gasteiger partial charge is 0.410 e. The van der Waals surface area contributed by atoms with E-state index in [0.717, 1.165) is 68.5 Å². The lowest BCUT2D eigenvalue weighted by molar-refractivity contribution is 0.00665. The summed E-state index contributed by atoms with van der Waals surface area (Å²) in [5.74, 6) is 0.609. The molecule has 1 amide bonds. The zero-order chi connectivity index (χ0) is 27.2. The standard InChI is InChI=1S/C33H38N4O2/c1-32(2,3)39-31(38)37-20-16-33(17-21-37)14-18-36(19-15-33)28-22-35-30-26(23-10-12-25(34-4)13-11-23)6-5-7-27(30)29(28)24-8-9-24/h5-7,10-13,22,24H,8-9,14-21H2,1-3H3. The second kappa shape index (κ2) is 9.86. The number of rotatable bonds is 3. The van der Waals surface area contributed by atoms with Gasteiger partial charge in [0, 0.05) is 37.1 Å². The summed E-state index contributed by atoms with van der Waals surface area (Å²) in [6, 6.07) is 14.4. The van der Waals surface area contributed by atoms with Crippen LogP contribution in [0.3, 0.4) is 0 Å². The van der Waals surface area contributed by atoms with Gasteiger partial charge in [0.25, 0.3) is 0 Å². The fourth-order valence-corrected chi connectivity index (χ4v) is 6.45. The van der Waals surface area contributed by atoms with Crippen LogP contribution in [0.25, 0.3) is 26.9 Å².